The summed E-state index contributed by atoms with van der Waals surface area (Å²) in [5.74, 6) is -0.0634. The summed E-state index contributed by atoms with van der Waals surface area (Å²) in [4.78, 5) is 27.5. The van der Waals surface area contributed by atoms with Crippen LogP contribution in [-0.2, 0) is 18.9 Å². The van der Waals surface area contributed by atoms with Crippen LogP contribution in [0.2, 0.25) is 0 Å². The van der Waals surface area contributed by atoms with Gasteiger partial charge in [0.2, 0.25) is 0 Å². The average molecular weight is 425 g/mol. The van der Waals surface area contributed by atoms with Crippen molar-refractivity contribution < 1.29 is 18.9 Å². The number of hydrogen-bond donors (Lipinski definition) is 0. The molecule has 0 unspecified atom stereocenters. The smallest absolute Gasteiger partial charge is 0.320 e. The van der Waals surface area contributed by atoms with Crippen LogP contribution >= 0.6 is 7.14 Å². The highest BCUT2D eigenvalue weighted by Crippen LogP contribution is 2.68. The van der Waals surface area contributed by atoms with Crippen LogP contribution in [0.1, 0.15) is 32.6 Å². The molecular formula is C24H28NO4P. The van der Waals surface area contributed by atoms with E-state index in [1.807, 2.05) is 60.7 Å². The molecule has 4 rings (SSSR count). The van der Waals surface area contributed by atoms with Crippen LogP contribution in [0.3, 0.4) is 0 Å². The molecule has 1 saturated heterocycles. The Balaban J connectivity index is 1.55. The maximum Gasteiger partial charge on any atom is 0.320 e. The molecule has 2 aliphatic rings. The summed E-state index contributed by atoms with van der Waals surface area (Å²) in [6, 6.07) is 18.4. The Bertz CT molecular complexity index is 904. The number of carbonyl (C=O) groups excluding carboxylic acids is 2. The molecule has 1 saturated carbocycles. The van der Waals surface area contributed by atoms with Crippen molar-refractivity contribution in [2.24, 2.45) is 5.92 Å². The molecule has 0 bridgehead atoms. The van der Waals surface area contributed by atoms with Crippen LogP contribution in [0.5, 0.6) is 0 Å². The lowest BCUT2D eigenvalue weighted by molar-refractivity contribution is -0.152. The number of esters is 1. The fourth-order valence-corrected chi connectivity index (χ4v) is 7.83. The van der Waals surface area contributed by atoms with Crippen LogP contribution < -0.4 is 10.6 Å². The number of ether oxygens (including phenoxy) is 1. The van der Waals surface area contributed by atoms with Crippen molar-refractivity contribution in [1.82, 2.24) is 4.90 Å². The highest BCUT2D eigenvalue weighted by Gasteiger charge is 2.65. The van der Waals surface area contributed by atoms with E-state index in [9.17, 15) is 14.2 Å². The lowest BCUT2D eigenvalue weighted by atomic mass is 9.99. The highest BCUT2D eigenvalue weighted by atomic mass is 31.2. The number of likely N-dealkylation sites (tertiary alicyclic amines) is 1. The lowest BCUT2D eigenvalue weighted by Crippen LogP contribution is -2.42. The summed E-state index contributed by atoms with van der Waals surface area (Å²) in [7, 11) is -3.27. The molecule has 1 aliphatic heterocycles. The van der Waals surface area contributed by atoms with Gasteiger partial charge in [-0.05, 0) is 31.6 Å². The van der Waals surface area contributed by atoms with Crippen molar-refractivity contribution in [3.63, 3.8) is 0 Å². The molecule has 1 aliphatic carbocycles. The molecule has 0 atom stereocenters. The largest absolute Gasteiger partial charge is 0.455 e. The van der Waals surface area contributed by atoms with E-state index in [0.717, 1.165) is 12.8 Å². The molecular weight excluding hydrogens is 397 g/mol. The Morgan fingerprint density at radius 2 is 1.47 bits per heavy atom. The number of rotatable bonds is 6. The third-order valence-electron chi connectivity index (χ3n) is 6.41. The molecule has 1 amide bonds. The third kappa shape index (κ3) is 3.72. The number of hydrogen-bond acceptors (Lipinski definition) is 4. The quantitative estimate of drug-likeness (QED) is 0.526. The summed E-state index contributed by atoms with van der Waals surface area (Å²) < 4.78 is 20.0. The molecule has 0 N–H and O–H groups in total. The molecule has 2 fully saturated rings. The molecule has 5 nitrogen and oxygen atoms in total. The standard InChI is InChI=1S/C24H28NO4P/c1-19-12-16-25(17-13-19)22(26)18-29-23(27)24(14-15-24)30(28,20-8-4-2-5-9-20)21-10-6-3-7-11-21/h2-11,19H,12-18H2,1H3. The van der Waals surface area contributed by atoms with Crippen LogP contribution in [0.25, 0.3) is 0 Å². The van der Waals surface area contributed by atoms with Gasteiger partial charge in [0.25, 0.3) is 5.91 Å². The lowest BCUT2D eigenvalue weighted by Gasteiger charge is -2.31. The van der Waals surface area contributed by atoms with Crippen LogP contribution in [0.4, 0.5) is 0 Å². The summed E-state index contributed by atoms with van der Waals surface area (Å²) in [5, 5.41) is 0.232. The number of piperidine rings is 1. The predicted octanol–water partition coefficient (Wildman–Crippen LogP) is 3.33. The van der Waals surface area contributed by atoms with E-state index in [4.69, 9.17) is 4.74 Å². The molecule has 30 heavy (non-hydrogen) atoms. The van der Waals surface area contributed by atoms with Crippen molar-refractivity contribution in [2.75, 3.05) is 19.7 Å². The van der Waals surface area contributed by atoms with Gasteiger partial charge in [-0.15, -0.1) is 0 Å². The number of carbonyl (C=O) groups is 2. The van der Waals surface area contributed by atoms with Gasteiger partial charge < -0.3 is 14.2 Å². The molecule has 2 aromatic rings. The molecule has 2 aromatic carbocycles. The first-order chi connectivity index (χ1) is 14.5. The first kappa shape index (κ1) is 20.9. The van der Waals surface area contributed by atoms with Gasteiger partial charge in [-0.2, -0.15) is 0 Å². The second-order valence-electron chi connectivity index (χ2n) is 8.45. The van der Waals surface area contributed by atoms with Crippen LogP contribution in [0.15, 0.2) is 60.7 Å². The Morgan fingerprint density at radius 1 is 0.967 bits per heavy atom. The third-order valence-corrected chi connectivity index (χ3v) is 10.3. The van der Waals surface area contributed by atoms with Crippen molar-refractivity contribution in [1.29, 1.82) is 0 Å². The second-order valence-corrected chi connectivity index (χ2v) is 11.6. The van der Waals surface area contributed by atoms with Crippen molar-refractivity contribution >= 4 is 29.6 Å². The van der Waals surface area contributed by atoms with Gasteiger partial charge in [0.05, 0.1) is 0 Å². The van der Waals surface area contributed by atoms with Gasteiger partial charge in [-0.25, -0.2) is 0 Å². The first-order valence-electron chi connectivity index (χ1n) is 10.6. The Hall–Kier alpha value is -2.39. The van der Waals surface area contributed by atoms with Gasteiger partial charge in [0, 0.05) is 23.7 Å². The fraction of sp³-hybridized carbons (Fsp3) is 0.417. The van der Waals surface area contributed by atoms with E-state index in [0.29, 0.717) is 42.5 Å². The number of benzene rings is 2. The van der Waals surface area contributed by atoms with Gasteiger partial charge in [-0.1, -0.05) is 67.6 Å². The summed E-state index contributed by atoms with van der Waals surface area (Å²) in [5.41, 5.74) is 0. The monoisotopic (exact) mass is 425 g/mol. The zero-order chi connectivity index (χ0) is 21.2. The van der Waals surface area contributed by atoms with Gasteiger partial charge in [0.15, 0.2) is 13.7 Å². The SMILES string of the molecule is CC1CCN(C(=O)COC(=O)C2(P(=O)(c3ccccc3)c3ccccc3)CC2)CC1. The topological polar surface area (TPSA) is 63.7 Å². The van der Waals surface area contributed by atoms with Crippen molar-refractivity contribution in [2.45, 2.75) is 37.8 Å². The van der Waals surface area contributed by atoms with Crippen molar-refractivity contribution in [3.05, 3.63) is 60.7 Å². The molecule has 0 spiro atoms. The molecule has 0 aromatic heterocycles. The van der Waals surface area contributed by atoms with Crippen LogP contribution in [0, 0.1) is 5.92 Å². The zero-order valence-electron chi connectivity index (χ0n) is 17.3. The minimum absolute atomic E-state index is 0.166. The highest BCUT2D eigenvalue weighted by molar-refractivity contribution is 7.81. The second kappa shape index (κ2) is 8.39. The van der Waals surface area contributed by atoms with E-state index in [1.165, 1.54) is 0 Å². The Kier molecular flexibility index (Phi) is 5.84. The normalized spacial score (nSPS) is 18.6. The van der Waals surface area contributed by atoms with Gasteiger partial charge in [0.1, 0.15) is 5.16 Å². The summed E-state index contributed by atoms with van der Waals surface area (Å²) in [6.45, 7) is 3.31. The minimum Gasteiger partial charge on any atom is -0.455 e. The molecule has 6 heteroatoms. The number of amides is 1. The summed E-state index contributed by atoms with van der Waals surface area (Å²) in [6.07, 6.45) is 2.95. The first-order valence-corrected chi connectivity index (χ1v) is 12.3. The van der Waals surface area contributed by atoms with Crippen LogP contribution in [-0.4, -0.2) is 41.6 Å². The molecule has 1 heterocycles. The Morgan fingerprint density at radius 3 is 1.93 bits per heavy atom. The average Bonchev–Trinajstić information content (AvgIpc) is 3.61. The zero-order valence-corrected chi connectivity index (χ0v) is 18.2. The maximum atomic E-state index is 14.5. The van der Waals surface area contributed by atoms with E-state index in [-0.39, 0.29) is 12.5 Å². The fourth-order valence-electron chi connectivity index (χ4n) is 4.30. The van der Waals surface area contributed by atoms with Crippen molar-refractivity contribution in [3.8, 4) is 0 Å². The number of nitrogens with zero attached hydrogens (tertiary/aromatic N) is 1. The van der Waals surface area contributed by atoms with Gasteiger partial charge >= 0.3 is 5.97 Å². The van der Waals surface area contributed by atoms with E-state index in [1.54, 1.807) is 4.90 Å². The van der Waals surface area contributed by atoms with E-state index in [2.05, 4.69) is 6.92 Å². The molecule has 158 valence electrons. The van der Waals surface area contributed by atoms with E-state index < -0.39 is 18.3 Å². The van der Waals surface area contributed by atoms with Gasteiger partial charge in [-0.3, -0.25) is 9.59 Å². The summed E-state index contributed by atoms with van der Waals surface area (Å²) >= 11 is 0. The minimum atomic E-state index is -3.27. The van der Waals surface area contributed by atoms with E-state index >= 15 is 0 Å². The Labute approximate surface area is 177 Å². The molecule has 0 radical (unpaired) electrons. The maximum absolute atomic E-state index is 14.5. The predicted molar refractivity (Wildman–Crippen MR) is 118 cm³/mol.